The molecule has 1 aromatic rings. The molecular formula is C20H31N7O2U. The van der Waals surface area contributed by atoms with Crippen LogP contribution in [0.1, 0.15) is 29.9 Å². The molecule has 0 bridgehead atoms. The Bertz CT molecular complexity index is 747. The molecular weight excluding hydrogens is 608 g/mol. The number of pyridine rings is 1. The third-order valence-electron chi connectivity index (χ3n) is 4.21. The summed E-state index contributed by atoms with van der Waals surface area (Å²) in [5, 5.41) is 10.6. The monoisotopic (exact) mass is 639 g/mol. The van der Waals surface area contributed by atoms with Gasteiger partial charge in [0.2, 0.25) is 0 Å². The summed E-state index contributed by atoms with van der Waals surface area (Å²) in [7, 11) is 3.50. The van der Waals surface area contributed by atoms with Gasteiger partial charge in [-0.05, 0) is 19.9 Å². The maximum Gasteiger partial charge on any atom is 2.00 e. The topological polar surface area (TPSA) is 121 Å². The van der Waals surface area contributed by atoms with Crippen molar-refractivity contribution >= 4 is 29.2 Å². The van der Waals surface area contributed by atoms with Crippen LogP contribution in [0.4, 0.5) is 11.5 Å². The molecule has 1 fully saturated rings. The SMILES string of the molecule is CC(C)Nc1nc(/C(C=NCCN2CCOCC2)=C/N)cc2c1C(=O)[N-]2.C[N-]C.[U+2]. The molecule has 0 saturated carbocycles. The second-order valence-corrected chi connectivity index (χ2v) is 7.02. The molecule has 3 heterocycles. The largest absolute Gasteiger partial charge is 2.00 e. The van der Waals surface area contributed by atoms with Gasteiger partial charge in [-0.2, -0.15) is 14.1 Å². The molecule has 10 heteroatoms. The summed E-state index contributed by atoms with van der Waals surface area (Å²) in [6.07, 6.45) is 3.21. The molecule has 2 aliphatic rings. The summed E-state index contributed by atoms with van der Waals surface area (Å²) in [6, 6.07) is 1.93. The summed E-state index contributed by atoms with van der Waals surface area (Å²) >= 11 is 0. The number of allylic oxidation sites excluding steroid dienone is 1. The molecule has 9 nitrogen and oxygen atoms in total. The number of ether oxygens (including phenoxy) is 1. The van der Waals surface area contributed by atoms with E-state index in [0.717, 1.165) is 32.8 Å². The minimum atomic E-state index is -0.236. The quantitative estimate of drug-likeness (QED) is 0.443. The molecule has 1 saturated heterocycles. The molecule has 0 unspecified atom stereocenters. The van der Waals surface area contributed by atoms with Crippen molar-refractivity contribution in [3.8, 4) is 0 Å². The number of amides is 1. The molecule has 0 spiro atoms. The molecule has 30 heavy (non-hydrogen) atoms. The second kappa shape index (κ2) is 13.8. The fraction of sp³-hybridized carbons (Fsp3) is 0.550. The number of morpholine rings is 1. The van der Waals surface area contributed by atoms with E-state index in [0.29, 0.717) is 34.9 Å². The van der Waals surface area contributed by atoms with Crippen LogP contribution in [0.25, 0.3) is 16.2 Å². The Morgan fingerprint density at radius 2 is 2.10 bits per heavy atom. The van der Waals surface area contributed by atoms with Crippen LogP contribution in [-0.4, -0.2) is 81.5 Å². The third-order valence-corrected chi connectivity index (χ3v) is 4.21. The Balaban J connectivity index is 0.00000106. The van der Waals surface area contributed by atoms with E-state index in [1.165, 1.54) is 6.20 Å². The van der Waals surface area contributed by atoms with Crippen LogP contribution in [0.3, 0.4) is 0 Å². The zero-order chi connectivity index (χ0) is 21.2. The average Bonchev–Trinajstić information content (AvgIpc) is 2.67. The van der Waals surface area contributed by atoms with Crippen LogP contribution in [0.5, 0.6) is 0 Å². The number of carbonyl (C=O) groups excluding carboxylic acids is 1. The number of aliphatic imine (C=N–C) groups is 1. The van der Waals surface area contributed by atoms with Crippen LogP contribution in [0.2, 0.25) is 0 Å². The first-order valence-electron chi connectivity index (χ1n) is 9.77. The number of rotatable bonds is 7. The first kappa shape index (κ1) is 26.6. The zero-order valence-corrected chi connectivity index (χ0v) is 22.3. The van der Waals surface area contributed by atoms with Crippen molar-refractivity contribution in [3.05, 3.63) is 34.2 Å². The molecule has 1 amide bonds. The second-order valence-electron chi connectivity index (χ2n) is 7.02. The van der Waals surface area contributed by atoms with Crippen molar-refractivity contribution < 1.29 is 40.6 Å². The van der Waals surface area contributed by atoms with E-state index >= 15 is 0 Å². The predicted octanol–water partition coefficient (Wildman–Crippen LogP) is 2.38. The molecule has 2 aliphatic heterocycles. The third kappa shape index (κ3) is 7.67. The maximum atomic E-state index is 11.7. The van der Waals surface area contributed by atoms with Crippen molar-refractivity contribution in [1.82, 2.24) is 9.88 Å². The normalized spacial score (nSPS) is 16.2. The molecule has 0 atom stereocenters. The maximum absolute atomic E-state index is 11.7. The van der Waals surface area contributed by atoms with Crippen LogP contribution >= 0.6 is 0 Å². The zero-order valence-electron chi connectivity index (χ0n) is 18.2. The van der Waals surface area contributed by atoms with Crippen LogP contribution in [0, 0.1) is 31.1 Å². The minimum Gasteiger partial charge on any atom is -0.668 e. The molecule has 162 valence electrons. The Labute approximate surface area is 202 Å². The Morgan fingerprint density at radius 1 is 1.43 bits per heavy atom. The molecule has 3 N–H and O–H groups in total. The number of nitrogens with one attached hydrogen (secondary N) is 1. The smallest absolute Gasteiger partial charge is 0.668 e. The van der Waals surface area contributed by atoms with Crippen molar-refractivity contribution in [1.29, 1.82) is 0 Å². The van der Waals surface area contributed by atoms with E-state index in [1.807, 2.05) is 13.8 Å². The number of anilines is 1. The summed E-state index contributed by atoms with van der Waals surface area (Å²) in [4.78, 5) is 23.1. The minimum absolute atomic E-state index is 0. The van der Waals surface area contributed by atoms with Gasteiger partial charge in [-0.3, -0.25) is 9.89 Å². The van der Waals surface area contributed by atoms with Gasteiger partial charge in [0, 0.05) is 49.2 Å². The number of nitrogens with two attached hydrogens (primary N) is 1. The van der Waals surface area contributed by atoms with E-state index in [2.05, 4.69) is 30.8 Å². The number of hydrogen-bond acceptors (Lipinski definition) is 7. The Kier molecular flexibility index (Phi) is 12.2. The van der Waals surface area contributed by atoms with Gasteiger partial charge in [-0.1, -0.05) is 0 Å². The first-order valence-corrected chi connectivity index (χ1v) is 9.77. The molecule has 0 aliphatic carbocycles. The predicted molar refractivity (Wildman–Crippen MR) is 118 cm³/mol. The van der Waals surface area contributed by atoms with Gasteiger partial charge < -0.3 is 31.2 Å². The average molecular weight is 640 g/mol. The standard InChI is InChI=1S/C18H26N6O2.C2H6N.U/c1-12(2)21-17-16-15(23-18(16)25)9-14(22-17)13(10-19)11-20-3-4-24-5-7-26-8-6-24;1-3-2;/h9-12H,3-8H2,1-2H3,(H4,19,20,21,22,23,25);1-2H3;/q;-1;+2/p-1. The van der Waals surface area contributed by atoms with Crippen molar-refractivity contribution in [3.63, 3.8) is 0 Å². The summed E-state index contributed by atoms with van der Waals surface area (Å²) in [5.41, 5.74) is 8.32. The summed E-state index contributed by atoms with van der Waals surface area (Å²) in [6.45, 7) is 9.01. The fourth-order valence-electron chi connectivity index (χ4n) is 2.85. The van der Waals surface area contributed by atoms with Gasteiger partial charge in [0.15, 0.2) is 0 Å². The van der Waals surface area contributed by atoms with Gasteiger partial charge in [0.05, 0.1) is 31.4 Å². The van der Waals surface area contributed by atoms with E-state index in [9.17, 15) is 4.79 Å². The van der Waals surface area contributed by atoms with Crippen LogP contribution in [0.15, 0.2) is 17.3 Å². The van der Waals surface area contributed by atoms with Gasteiger partial charge in [0.25, 0.3) is 0 Å². The first-order chi connectivity index (χ1) is 14.0. The number of carbonyl (C=O) groups is 1. The van der Waals surface area contributed by atoms with E-state index < -0.39 is 0 Å². The summed E-state index contributed by atoms with van der Waals surface area (Å²) in [5.74, 6) is 0.313. The van der Waals surface area contributed by atoms with Crippen molar-refractivity contribution in [2.75, 3.05) is 58.8 Å². The van der Waals surface area contributed by atoms with E-state index in [1.54, 1.807) is 26.4 Å². The molecule has 0 radical (unpaired) electrons. The van der Waals surface area contributed by atoms with Crippen molar-refractivity contribution in [2.45, 2.75) is 19.9 Å². The van der Waals surface area contributed by atoms with Gasteiger partial charge in [-0.15, -0.1) is 5.69 Å². The molecule has 1 aromatic heterocycles. The van der Waals surface area contributed by atoms with E-state index in [4.69, 9.17) is 10.5 Å². The van der Waals surface area contributed by atoms with Gasteiger partial charge >= 0.3 is 31.1 Å². The van der Waals surface area contributed by atoms with Gasteiger partial charge in [0.1, 0.15) is 5.82 Å². The Morgan fingerprint density at radius 3 is 2.67 bits per heavy atom. The number of aromatic nitrogens is 1. The number of nitrogens with zero attached hydrogens (tertiary/aromatic N) is 5. The molecule has 0 aromatic carbocycles. The molecule has 3 rings (SSSR count). The van der Waals surface area contributed by atoms with E-state index in [-0.39, 0.29) is 43.1 Å². The number of hydrogen-bond donors (Lipinski definition) is 2. The van der Waals surface area contributed by atoms with Crippen LogP contribution < -0.4 is 11.1 Å². The van der Waals surface area contributed by atoms with Crippen LogP contribution in [-0.2, 0) is 4.74 Å². The summed E-state index contributed by atoms with van der Waals surface area (Å²) < 4.78 is 5.34. The van der Waals surface area contributed by atoms with Gasteiger partial charge in [-0.25, -0.2) is 4.98 Å². The fourth-order valence-corrected chi connectivity index (χ4v) is 2.85. The number of fused-ring (bicyclic) bond motifs is 1. The Hall–Kier alpha value is -1.44. The van der Waals surface area contributed by atoms with Crippen molar-refractivity contribution in [2.24, 2.45) is 10.7 Å².